The lowest BCUT2D eigenvalue weighted by Crippen LogP contribution is -2.32. The van der Waals surface area contributed by atoms with Gasteiger partial charge in [-0.15, -0.1) is 0 Å². The monoisotopic (exact) mass is 274 g/mol. The van der Waals surface area contributed by atoms with Crippen molar-refractivity contribution in [3.8, 4) is 0 Å². The third-order valence-electron chi connectivity index (χ3n) is 4.29. The van der Waals surface area contributed by atoms with E-state index in [1.807, 2.05) is 36.1 Å². The van der Waals surface area contributed by atoms with Crippen LogP contribution in [0.2, 0.25) is 0 Å². The maximum Gasteiger partial charge on any atom is 0.227 e. The van der Waals surface area contributed by atoms with Crippen LogP contribution < -0.4 is 10.6 Å². The van der Waals surface area contributed by atoms with Gasteiger partial charge in [-0.25, -0.2) is 0 Å². The Morgan fingerprint density at radius 2 is 1.85 bits per heavy atom. The molecule has 0 saturated heterocycles. The number of rotatable bonds is 5. The first kappa shape index (κ1) is 15.0. The normalized spacial score (nSPS) is 16.1. The van der Waals surface area contributed by atoms with Crippen molar-refractivity contribution in [3.63, 3.8) is 0 Å². The Labute approximate surface area is 122 Å². The summed E-state index contributed by atoms with van der Waals surface area (Å²) in [5.74, 6) is 0.855. The number of carbonyl (C=O) groups is 1. The van der Waals surface area contributed by atoms with Crippen molar-refractivity contribution < 1.29 is 4.79 Å². The van der Waals surface area contributed by atoms with E-state index in [0.29, 0.717) is 18.9 Å². The molecule has 1 aliphatic carbocycles. The van der Waals surface area contributed by atoms with Gasteiger partial charge in [-0.05, 0) is 43.4 Å². The van der Waals surface area contributed by atoms with Gasteiger partial charge in [0.25, 0.3) is 0 Å². The molecule has 0 bridgehead atoms. The first-order valence-electron chi connectivity index (χ1n) is 7.84. The molecular formula is C17H26N2O. The number of hydrogen-bond acceptors (Lipinski definition) is 2. The predicted octanol–water partition coefficient (Wildman–Crippen LogP) is 3.47. The maximum atomic E-state index is 12.5. The largest absolute Gasteiger partial charge is 0.326 e. The smallest absolute Gasteiger partial charge is 0.227 e. The van der Waals surface area contributed by atoms with Crippen molar-refractivity contribution >= 4 is 11.6 Å². The zero-order chi connectivity index (χ0) is 14.4. The van der Waals surface area contributed by atoms with E-state index in [-0.39, 0.29) is 5.91 Å². The second kappa shape index (κ2) is 7.44. The molecule has 20 heavy (non-hydrogen) atoms. The molecule has 0 aliphatic heterocycles. The molecule has 0 spiro atoms. The minimum absolute atomic E-state index is 0.264. The molecule has 110 valence electrons. The standard InChI is InChI=1S/C17H26N2O/c1-2-19(16-10-8-15(13-18)9-11-16)17(20)12-14-6-4-3-5-7-14/h8-11,14H,2-7,12-13,18H2,1H3. The Hall–Kier alpha value is -1.35. The average Bonchev–Trinajstić information content (AvgIpc) is 2.49. The average molecular weight is 274 g/mol. The molecule has 0 unspecified atom stereocenters. The molecule has 0 heterocycles. The lowest BCUT2D eigenvalue weighted by atomic mass is 9.86. The van der Waals surface area contributed by atoms with Gasteiger partial charge in [-0.3, -0.25) is 4.79 Å². The summed E-state index contributed by atoms with van der Waals surface area (Å²) in [5.41, 5.74) is 7.70. The Morgan fingerprint density at radius 3 is 2.40 bits per heavy atom. The molecule has 2 N–H and O–H groups in total. The van der Waals surface area contributed by atoms with E-state index in [0.717, 1.165) is 17.8 Å². The van der Waals surface area contributed by atoms with Gasteiger partial charge in [0, 0.05) is 25.2 Å². The van der Waals surface area contributed by atoms with E-state index in [4.69, 9.17) is 5.73 Å². The van der Waals surface area contributed by atoms with E-state index in [2.05, 4.69) is 0 Å². The van der Waals surface area contributed by atoms with Crippen LogP contribution in [0.15, 0.2) is 24.3 Å². The predicted molar refractivity (Wildman–Crippen MR) is 83.6 cm³/mol. The molecule has 2 rings (SSSR count). The number of anilines is 1. The van der Waals surface area contributed by atoms with Gasteiger partial charge in [0.1, 0.15) is 0 Å². The second-order valence-electron chi connectivity index (χ2n) is 5.72. The fourth-order valence-corrected chi connectivity index (χ4v) is 3.06. The van der Waals surface area contributed by atoms with Crippen LogP contribution in [-0.4, -0.2) is 12.5 Å². The van der Waals surface area contributed by atoms with Crippen molar-refractivity contribution in [3.05, 3.63) is 29.8 Å². The molecule has 1 aromatic carbocycles. The fraction of sp³-hybridized carbons (Fsp3) is 0.588. The van der Waals surface area contributed by atoms with Crippen molar-refractivity contribution in [2.45, 2.75) is 52.0 Å². The summed E-state index contributed by atoms with van der Waals surface area (Å²) in [7, 11) is 0. The van der Waals surface area contributed by atoms with E-state index in [9.17, 15) is 4.79 Å². The summed E-state index contributed by atoms with van der Waals surface area (Å²) in [6, 6.07) is 8.02. The summed E-state index contributed by atoms with van der Waals surface area (Å²) < 4.78 is 0. The maximum absolute atomic E-state index is 12.5. The second-order valence-corrected chi connectivity index (χ2v) is 5.72. The van der Waals surface area contributed by atoms with Crippen LogP contribution in [-0.2, 0) is 11.3 Å². The Bertz CT molecular complexity index is 421. The Morgan fingerprint density at radius 1 is 1.20 bits per heavy atom. The molecule has 3 nitrogen and oxygen atoms in total. The number of hydrogen-bond donors (Lipinski definition) is 1. The number of carbonyl (C=O) groups excluding carboxylic acids is 1. The van der Waals surface area contributed by atoms with Gasteiger partial charge in [-0.2, -0.15) is 0 Å². The van der Waals surface area contributed by atoms with Crippen LogP contribution in [0, 0.1) is 5.92 Å². The topological polar surface area (TPSA) is 46.3 Å². The summed E-state index contributed by atoms with van der Waals surface area (Å²) in [6.45, 7) is 3.31. The Balaban J connectivity index is 2.00. The first-order chi connectivity index (χ1) is 9.74. The van der Waals surface area contributed by atoms with Gasteiger partial charge in [0.05, 0.1) is 0 Å². The molecule has 3 heteroatoms. The lowest BCUT2D eigenvalue weighted by Gasteiger charge is -2.26. The fourth-order valence-electron chi connectivity index (χ4n) is 3.06. The lowest BCUT2D eigenvalue weighted by molar-refractivity contribution is -0.119. The van der Waals surface area contributed by atoms with Gasteiger partial charge in [-0.1, -0.05) is 31.4 Å². The number of amides is 1. The van der Waals surface area contributed by atoms with E-state index in [1.54, 1.807) is 0 Å². The summed E-state index contributed by atoms with van der Waals surface area (Å²) in [4.78, 5) is 14.4. The summed E-state index contributed by atoms with van der Waals surface area (Å²) in [5, 5.41) is 0. The molecule has 0 atom stereocenters. The minimum Gasteiger partial charge on any atom is -0.326 e. The van der Waals surface area contributed by atoms with Crippen molar-refractivity contribution in [1.82, 2.24) is 0 Å². The van der Waals surface area contributed by atoms with Crippen LogP contribution in [0.3, 0.4) is 0 Å². The van der Waals surface area contributed by atoms with E-state index >= 15 is 0 Å². The summed E-state index contributed by atoms with van der Waals surface area (Å²) >= 11 is 0. The highest BCUT2D eigenvalue weighted by atomic mass is 16.2. The SMILES string of the molecule is CCN(C(=O)CC1CCCCC1)c1ccc(CN)cc1. The molecule has 1 aromatic rings. The van der Waals surface area contributed by atoms with Gasteiger partial charge in [0.2, 0.25) is 5.91 Å². The van der Waals surface area contributed by atoms with E-state index < -0.39 is 0 Å². The molecule has 1 saturated carbocycles. The highest BCUT2D eigenvalue weighted by Crippen LogP contribution is 2.27. The van der Waals surface area contributed by atoms with Gasteiger partial charge in [0.15, 0.2) is 0 Å². The third-order valence-corrected chi connectivity index (χ3v) is 4.29. The zero-order valence-corrected chi connectivity index (χ0v) is 12.5. The van der Waals surface area contributed by atoms with Crippen molar-refractivity contribution in [1.29, 1.82) is 0 Å². The van der Waals surface area contributed by atoms with Crippen LogP contribution in [0.4, 0.5) is 5.69 Å². The highest BCUT2D eigenvalue weighted by Gasteiger charge is 2.21. The quantitative estimate of drug-likeness (QED) is 0.893. The van der Waals surface area contributed by atoms with Gasteiger partial charge < -0.3 is 10.6 Å². The Kier molecular flexibility index (Phi) is 5.60. The molecule has 0 aromatic heterocycles. The molecular weight excluding hydrogens is 248 g/mol. The van der Waals surface area contributed by atoms with Crippen LogP contribution in [0.5, 0.6) is 0 Å². The minimum atomic E-state index is 0.264. The van der Waals surface area contributed by atoms with E-state index in [1.165, 1.54) is 32.1 Å². The third kappa shape index (κ3) is 3.83. The molecule has 1 aliphatic rings. The molecule has 1 amide bonds. The number of nitrogens with two attached hydrogens (primary N) is 1. The van der Waals surface area contributed by atoms with Crippen LogP contribution in [0.1, 0.15) is 51.0 Å². The highest BCUT2D eigenvalue weighted by molar-refractivity contribution is 5.93. The van der Waals surface area contributed by atoms with Gasteiger partial charge >= 0.3 is 0 Å². The van der Waals surface area contributed by atoms with Crippen molar-refractivity contribution in [2.75, 3.05) is 11.4 Å². The number of nitrogens with zero attached hydrogens (tertiary/aromatic N) is 1. The molecule has 1 fully saturated rings. The van der Waals surface area contributed by atoms with Crippen molar-refractivity contribution in [2.24, 2.45) is 11.7 Å². The first-order valence-corrected chi connectivity index (χ1v) is 7.84. The zero-order valence-electron chi connectivity index (χ0n) is 12.5. The summed E-state index contributed by atoms with van der Waals surface area (Å²) in [6.07, 6.45) is 7.05. The number of benzene rings is 1. The van der Waals surface area contributed by atoms with Crippen LogP contribution in [0.25, 0.3) is 0 Å². The molecule has 0 radical (unpaired) electrons. The van der Waals surface area contributed by atoms with Crippen LogP contribution >= 0.6 is 0 Å².